The second-order valence-electron chi connectivity index (χ2n) is 14.9. The third-order valence-corrected chi connectivity index (χ3v) is 11.8. The number of aliphatic carboxylic acids is 1. The first kappa shape index (κ1) is 33.8. The first-order valence-corrected chi connectivity index (χ1v) is 18.3. The smallest absolute Gasteiger partial charge is 0.307 e. The van der Waals surface area contributed by atoms with Crippen molar-refractivity contribution in [1.82, 2.24) is 24.5 Å². The van der Waals surface area contributed by atoms with E-state index >= 15 is 0 Å². The molecule has 0 bridgehead atoms. The van der Waals surface area contributed by atoms with E-state index in [0.29, 0.717) is 36.6 Å². The zero-order valence-electron chi connectivity index (χ0n) is 28.8. The monoisotopic (exact) mass is 702 g/mol. The fourth-order valence-corrected chi connectivity index (χ4v) is 8.77. The molecule has 5 heterocycles. The number of rotatable bonds is 10. The van der Waals surface area contributed by atoms with Crippen LogP contribution in [0.25, 0.3) is 11.1 Å². The van der Waals surface area contributed by atoms with Crippen molar-refractivity contribution in [2.75, 3.05) is 26.2 Å². The Kier molecular flexibility index (Phi) is 8.85. The van der Waals surface area contributed by atoms with Crippen LogP contribution in [0.5, 0.6) is 0 Å². The molecule has 1 saturated carbocycles. The molecule has 3 N–H and O–H groups in total. The van der Waals surface area contributed by atoms with E-state index < -0.39 is 11.5 Å². The Hall–Kier alpha value is -4.30. The highest BCUT2D eigenvalue weighted by Gasteiger charge is 2.53. The fourth-order valence-electron chi connectivity index (χ4n) is 8.52. The molecule has 2 saturated heterocycles. The molecule has 4 atom stereocenters. The predicted octanol–water partition coefficient (Wildman–Crippen LogP) is 6.10. The largest absolute Gasteiger partial charge is 0.481 e. The lowest BCUT2D eigenvalue weighted by molar-refractivity contribution is -0.141. The number of halogens is 1. The molecule has 0 spiro atoms. The maximum atomic E-state index is 11.6. The summed E-state index contributed by atoms with van der Waals surface area (Å²) < 4.78 is 2.06. The Morgan fingerprint density at radius 3 is 2.53 bits per heavy atom. The number of aromatic nitrogens is 2. The number of nitrogens with zero attached hydrogens (tertiary/aromatic N) is 5. The molecule has 0 radical (unpaired) electrons. The number of nitriles is 1. The third-order valence-electron chi connectivity index (χ3n) is 11.5. The van der Waals surface area contributed by atoms with E-state index in [1.807, 2.05) is 30.5 Å². The number of hydrogen-bond donors (Lipinski definition) is 3. The number of benzene rings is 1. The van der Waals surface area contributed by atoms with Crippen molar-refractivity contribution in [1.29, 1.82) is 5.26 Å². The Morgan fingerprint density at radius 1 is 1.06 bits per heavy atom. The van der Waals surface area contributed by atoms with Gasteiger partial charge < -0.3 is 14.6 Å². The van der Waals surface area contributed by atoms with E-state index in [1.165, 1.54) is 0 Å². The topological polar surface area (TPSA) is 117 Å². The summed E-state index contributed by atoms with van der Waals surface area (Å²) in [5.41, 5.74) is 6.71. The van der Waals surface area contributed by atoms with E-state index in [4.69, 9.17) is 16.6 Å². The first-order chi connectivity index (χ1) is 24.7. The lowest BCUT2D eigenvalue weighted by Gasteiger charge is -2.43. The van der Waals surface area contributed by atoms with E-state index in [2.05, 4.69) is 87.4 Å². The summed E-state index contributed by atoms with van der Waals surface area (Å²) in [6, 6.07) is 18.8. The van der Waals surface area contributed by atoms with Crippen molar-refractivity contribution in [2.45, 2.75) is 62.9 Å². The number of nitrogens with one attached hydrogen (secondary N) is 1. The number of hydrogen-bond acceptors (Lipinski definition) is 7. The zero-order chi connectivity index (χ0) is 35.3. The van der Waals surface area contributed by atoms with Crippen LogP contribution in [0, 0.1) is 23.2 Å². The van der Waals surface area contributed by atoms with Crippen LogP contribution in [0.4, 0.5) is 0 Å². The molecule has 3 aromatic heterocycles. The van der Waals surface area contributed by atoms with Gasteiger partial charge >= 0.3 is 5.97 Å². The molecular weight excluding hydrogens is 660 g/mol. The number of carbonyl (C=O) groups is 1. The van der Waals surface area contributed by atoms with Gasteiger partial charge in [-0.1, -0.05) is 61.0 Å². The van der Waals surface area contributed by atoms with Gasteiger partial charge in [-0.2, -0.15) is 5.26 Å². The number of pyridine rings is 2. The molecule has 4 aliphatic rings. The summed E-state index contributed by atoms with van der Waals surface area (Å²) in [7, 11) is 0. The van der Waals surface area contributed by atoms with Gasteiger partial charge in [-0.05, 0) is 84.3 Å². The van der Waals surface area contributed by atoms with E-state index in [1.54, 1.807) is 0 Å². The number of β-amino-alcohol motifs (C(OH)–C–C–N with tert-alkyl or cyclic N) is 1. The van der Waals surface area contributed by atoms with Gasteiger partial charge in [-0.3, -0.25) is 24.9 Å². The molecule has 1 aromatic carbocycles. The van der Waals surface area contributed by atoms with Crippen LogP contribution in [-0.4, -0.2) is 67.6 Å². The Labute approximate surface area is 303 Å². The van der Waals surface area contributed by atoms with Crippen LogP contribution in [0.1, 0.15) is 66.1 Å². The first-order valence-electron chi connectivity index (χ1n) is 18.0. The molecule has 51 heavy (non-hydrogen) atoms. The lowest BCUT2D eigenvalue weighted by Crippen LogP contribution is -2.52. The maximum Gasteiger partial charge on any atom is 0.307 e. The minimum absolute atomic E-state index is 0.0410. The second kappa shape index (κ2) is 13.4. The molecule has 262 valence electrons. The minimum atomic E-state index is -0.749. The van der Waals surface area contributed by atoms with Gasteiger partial charge in [0.25, 0.3) is 0 Å². The summed E-state index contributed by atoms with van der Waals surface area (Å²) >= 11 is 6.81. The van der Waals surface area contributed by atoms with E-state index in [-0.39, 0.29) is 23.5 Å². The van der Waals surface area contributed by atoms with Gasteiger partial charge in [0.15, 0.2) is 0 Å². The van der Waals surface area contributed by atoms with Crippen molar-refractivity contribution < 1.29 is 15.0 Å². The molecule has 0 amide bonds. The average molecular weight is 703 g/mol. The predicted molar refractivity (Wildman–Crippen MR) is 197 cm³/mol. The molecule has 3 fully saturated rings. The zero-order valence-corrected chi connectivity index (χ0v) is 29.6. The van der Waals surface area contributed by atoms with Gasteiger partial charge in [0.05, 0.1) is 39.9 Å². The normalized spacial score (nSPS) is 26.0. The standard InChI is InChI=1S/C41H43ClN6O3/c1-27-34(35-5-2-3-7-36(35)42)6-4-12-41(27,45-40(13-14-40)38-9-8-28(20-44-38)21-47-16-11-33(49)26-47)32-18-37-31(19-43)17-29(23-48(37)25-32)22-46-15-10-30(24-46)39(50)51/h2-9,12,17-18,20,23,25,27,30,33,45,49H,10-11,13-16,21-22,24,26H2,1H3,(H,50,51)/t27?,30-,33-,41?/m1/s1. The number of carboxylic acid groups (broad SMARTS) is 1. The number of likely N-dealkylation sites (tertiary alicyclic amines) is 2. The molecule has 2 unspecified atom stereocenters. The van der Waals surface area contributed by atoms with Gasteiger partial charge in [0.1, 0.15) is 6.07 Å². The Bertz CT molecular complexity index is 2080. The number of aliphatic hydroxyl groups excluding tert-OH is 1. The maximum absolute atomic E-state index is 11.6. The molecule has 9 nitrogen and oxygen atoms in total. The summed E-state index contributed by atoms with van der Waals surface area (Å²) in [5, 5.41) is 34.7. The van der Waals surface area contributed by atoms with Crippen molar-refractivity contribution in [2.24, 2.45) is 11.8 Å². The minimum Gasteiger partial charge on any atom is -0.481 e. The van der Waals surface area contributed by atoms with Gasteiger partial charge in [0, 0.05) is 62.3 Å². The summed E-state index contributed by atoms with van der Waals surface area (Å²) in [5.74, 6) is -1.14. The van der Waals surface area contributed by atoms with Crippen LogP contribution in [-0.2, 0) is 29.0 Å². The van der Waals surface area contributed by atoms with Gasteiger partial charge in [-0.15, -0.1) is 0 Å². The number of fused-ring (bicyclic) bond motifs is 1. The molecule has 8 rings (SSSR count). The highest BCUT2D eigenvalue weighted by Crippen LogP contribution is 2.52. The summed E-state index contributed by atoms with van der Waals surface area (Å²) in [4.78, 5) is 21.0. The van der Waals surface area contributed by atoms with E-state index in [0.717, 1.165) is 77.9 Å². The summed E-state index contributed by atoms with van der Waals surface area (Å²) in [6.07, 6.45) is 15.8. The van der Waals surface area contributed by atoms with Crippen molar-refractivity contribution in [3.63, 3.8) is 0 Å². The molecule has 2 aliphatic carbocycles. The molecular formula is C41H43ClN6O3. The van der Waals surface area contributed by atoms with E-state index in [9.17, 15) is 20.3 Å². The van der Waals surface area contributed by atoms with Crippen LogP contribution < -0.4 is 5.32 Å². The highest BCUT2D eigenvalue weighted by molar-refractivity contribution is 6.32. The van der Waals surface area contributed by atoms with Crippen LogP contribution in [0.15, 0.2) is 85.3 Å². The molecule has 2 aliphatic heterocycles. The number of allylic oxidation sites excluding steroid dienone is 2. The van der Waals surface area contributed by atoms with Gasteiger partial charge in [-0.25, -0.2) is 0 Å². The quantitative estimate of drug-likeness (QED) is 0.182. The van der Waals surface area contributed by atoms with Gasteiger partial charge in [0.2, 0.25) is 0 Å². The Balaban J connectivity index is 1.16. The van der Waals surface area contributed by atoms with Crippen LogP contribution in [0.2, 0.25) is 5.02 Å². The number of aliphatic hydroxyl groups is 1. The fraction of sp³-hybridized carbons (Fsp3) is 0.390. The average Bonchev–Trinajstić information content (AvgIpc) is 3.41. The van der Waals surface area contributed by atoms with Crippen molar-refractivity contribution >= 4 is 28.7 Å². The van der Waals surface area contributed by atoms with Crippen molar-refractivity contribution in [3.05, 3.63) is 124 Å². The van der Waals surface area contributed by atoms with Crippen LogP contribution in [0.3, 0.4) is 0 Å². The third kappa shape index (κ3) is 6.41. The molecule has 4 aromatic rings. The number of carboxylic acids is 1. The summed E-state index contributed by atoms with van der Waals surface area (Å²) in [6.45, 7) is 6.44. The Morgan fingerprint density at radius 2 is 1.84 bits per heavy atom. The molecule has 10 heteroatoms. The highest BCUT2D eigenvalue weighted by atomic mass is 35.5. The SMILES string of the molecule is CC1C(c2ccccc2Cl)=CC=CC1(NC1(c2ccc(CN3CC[C@@H](O)C3)cn2)CC1)c1cc2c(C#N)cc(CN3CC[C@@H](C(=O)O)C3)cn2c1. The van der Waals surface area contributed by atoms with Crippen molar-refractivity contribution in [3.8, 4) is 6.07 Å². The lowest BCUT2D eigenvalue weighted by atomic mass is 9.70. The second-order valence-corrected chi connectivity index (χ2v) is 15.3. The van der Waals surface area contributed by atoms with Crippen LogP contribution >= 0.6 is 11.6 Å².